The van der Waals surface area contributed by atoms with Gasteiger partial charge in [-0.3, -0.25) is 0 Å². The highest BCUT2D eigenvalue weighted by atomic mass is 16.5. The minimum absolute atomic E-state index is 0.874. The minimum Gasteiger partial charge on any atom is -0.355 e. The van der Waals surface area contributed by atoms with Gasteiger partial charge in [0.05, 0.1) is 0 Å². The number of hydrogen-bond donors (Lipinski definition) is 1. The van der Waals surface area contributed by atoms with E-state index in [9.17, 15) is 0 Å². The first-order valence-electron chi connectivity index (χ1n) is 5.20. The molecule has 2 heterocycles. The van der Waals surface area contributed by atoms with Crippen LogP contribution in [0.4, 0.5) is 0 Å². The highest BCUT2D eigenvalue weighted by Gasteiger charge is 2.13. The number of rotatable bonds is 1. The van der Waals surface area contributed by atoms with Crippen molar-refractivity contribution in [1.29, 1.82) is 0 Å². The molecule has 0 bridgehead atoms. The van der Waals surface area contributed by atoms with E-state index in [0.29, 0.717) is 0 Å². The van der Waals surface area contributed by atoms with E-state index in [1.54, 1.807) is 0 Å². The summed E-state index contributed by atoms with van der Waals surface area (Å²) < 4.78 is 5.40. The van der Waals surface area contributed by atoms with Crippen LogP contribution in [-0.2, 0) is 0 Å². The molecule has 1 aliphatic heterocycles. The van der Waals surface area contributed by atoms with Crippen molar-refractivity contribution < 1.29 is 4.52 Å². The van der Waals surface area contributed by atoms with Crippen molar-refractivity contribution in [2.45, 2.75) is 6.42 Å². The van der Waals surface area contributed by atoms with Gasteiger partial charge in [-0.2, -0.15) is 0 Å². The number of hydrogen-bond acceptors (Lipinski definition) is 3. The number of nitrogens with one attached hydrogen (secondary N) is 1. The van der Waals surface area contributed by atoms with Gasteiger partial charge in [0.2, 0.25) is 0 Å². The predicted octanol–water partition coefficient (Wildman–Crippen LogP) is 2.20. The Balaban J connectivity index is 2.14. The molecular formula is C12H12N2O. The Morgan fingerprint density at radius 2 is 2.20 bits per heavy atom. The fraction of sp³-hybridized carbons (Fsp3) is 0.250. The number of benzene rings is 1. The minimum atomic E-state index is 0.874. The molecule has 1 N–H and O–H groups in total. The maximum atomic E-state index is 5.40. The fourth-order valence-electron chi connectivity index (χ4n) is 1.94. The summed E-state index contributed by atoms with van der Waals surface area (Å²) in [5, 5.41) is 8.49. The Kier molecular flexibility index (Phi) is 2.03. The zero-order valence-corrected chi connectivity index (χ0v) is 8.36. The van der Waals surface area contributed by atoms with Gasteiger partial charge < -0.3 is 9.84 Å². The molecule has 0 fully saturated rings. The van der Waals surface area contributed by atoms with Gasteiger partial charge in [0.25, 0.3) is 0 Å². The van der Waals surface area contributed by atoms with E-state index in [4.69, 9.17) is 4.52 Å². The van der Waals surface area contributed by atoms with Gasteiger partial charge in [0.15, 0.2) is 5.76 Å². The third kappa shape index (κ3) is 1.45. The molecule has 3 rings (SSSR count). The number of aromatic nitrogens is 1. The molecule has 0 radical (unpaired) electrons. The Labute approximate surface area is 87.8 Å². The topological polar surface area (TPSA) is 38.1 Å². The lowest BCUT2D eigenvalue weighted by molar-refractivity contribution is 0.416. The second kappa shape index (κ2) is 3.51. The second-order valence-corrected chi connectivity index (χ2v) is 3.72. The van der Waals surface area contributed by atoms with Gasteiger partial charge in [-0.1, -0.05) is 23.4 Å². The average molecular weight is 200 g/mol. The van der Waals surface area contributed by atoms with Crippen LogP contribution in [-0.4, -0.2) is 18.2 Å². The number of nitrogens with zero attached hydrogens (tertiary/aromatic N) is 1. The van der Waals surface area contributed by atoms with E-state index in [2.05, 4.69) is 22.6 Å². The summed E-state index contributed by atoms with van der Waals surface area (Å²) in [6.07, 6.45) is 3.29. The van der Waals surface area contributed by atoms with Gasteiger partial charge in [-0.15, -0.1) is 0 Å². The van der Waals surface area contributed by atoms with E-state index in [1.165, 1.54) is 5.57 Å². The largest absolute Gasteiger partial charge is 0.355 e. The zero-order chi connectivity index (χ0) is 10.1. The van der Waals surface area contributed by atoms with Gasteiger partial charge >= 0.3 is 0 Å². The smallest absolute Gasteiger partial charge is 0.171 e. The van der Waals surface area contributed by atoms with Gasteiger partial charge in [-0.25, -0.2) is 0 Å². The van der Waals surface area contributed by atoms with Crippen molar-refractivity contribution in [3.63, 3.8) is 0 Å². The van der Waals surface area contributed by atoms with Crippen LogP contribution in [0.25, 0.3) is 16.5 Å². The molecule has 1 aliphatic rings. The highest BCUT2D eigenvalue weighted by Crippen LogP contribution is 2.25. The lowest BCUT2D eigenvalue weighted by Crippen LogP contribution is -2.21. The third-order valence-corrected chi connectivity index (χ3v) is 2.70. The first-order valence-corrected chi connectivity index (χ1v) is 5.20. The standard InChI is InChI=1S/C12H12N2O/c1-2-6-11-10(5-1)12(15-14-11)9-4-3-7-13-8-9/h1-2,4-6,13H,3,7-8H2. The van der Waals surface area contributed by atoms with Crippen LogP contribution < -0.4 is 5.32 Å². The van der Waals surface area contributed by atoms with Crippen molar-refractivity contribution in [3.05, 3.63) is 36.1 Å². The van der Waals surface area contributed by atoms with Crippen molar-refractivity contribution in [2.75, 3.05) is 13.1 Å². The van der Waals surface area contributed by atoms with E-state index in [0.717, 1.165) is 36.2 Å². The normalized spacial score (nSPS) is 16.7. The van der Waals surface area contributed by atoms with E-state index < -0.39 is 0 Å². The molecule has 76 valence electrons. The molecule has 3 heteroatoms. The summed E-state index contributed by atoms with van der Waals surface area (Å²) in [6.45, 7) is 1.93. The van der Waals surface area contributed by atoms with Crippen molar-refractivity contribution >= 4 is 16.5 Å². The molecule has 1 aromatic heterocycles. The number of fused-ring (bicyclic) bond motifs is 1. The molecule has 0 unspecified atom stereocenters. The van der Waals surface area contributed by atoms with Crippen LogP contribution in [0.15, 0.2) is 34.9 Å². The Morgan fingerprint density at radius 1 is 1.27 bits per heavy atom. The zero-order valence-electron chi connectivity index (χ0n) is 8.36. The molecule has 0 spiro atoms. The lowest BCUT2D eigenvalue weighted by atomic mass is 10.1. The summed E-state index contributed by atoms with van der Waals surface area (Å²) in [5.41, 5.74) is 2.15. The molecule has 2 aromatic rings. The molecule has 0 atom stereocenters. The van der Waals surface area contributed by atoms with E-state index in [1.807, 2.05) is 18.2 Å². The monoisotopic (exact) mass is 200 g/mol. The fourth-order valence-corrected chi connectivity index (χ4v) is 1.94. The van der Waals surface area contributed by atoms with Crippen LogP contribution >= 0.6 is 0 Å². The molecule has 3 nitrogen and oxygen atoms in total. The van der Waals surface area contributed by atoms with Gasteiger partial charge in [0.1, 0.15) is 5.52 Å². The molecule has 15 heavy (non-hydrogen) atoms. The summed E-state index contributed by atoms with van der Waals surface area (Å²) in [4.78, 5) is 0. The summed E-state index contributed by atoms with van der Waals surface area (Å²) in [7, 11) is 0. The summed E-state index contributed by atoms with van der Waals surface area (Å²) in [5.74, 6) is 0.915. The molecule has 0 amide bonds. The average Bonchev–Trinajstić information content (AvgIpc) is 2.74. The molecule has 0 saturated carbocycles. The maximum absolute atomic E-state index is 5.40. The van der Waals surface area contributed by atoms with Crippen LogP contribution in [0.3, 0.4) is 0 Å². The molecule has 0 saturated heterocycles. The van der Waals surface area contributed by atoms with Crippen molar-refractivity contribution in [1.82, 2.24) is 10.5 Å². The van der Waals surface area contributed by atoms with Crippen molar-refractivity contribution in [3.8, 4) is 0 Å². The highest BCUT2D eigenvalue weighted by molar-refractivity contribution is 5.89. The first kappa shape index (κ1) is 8.68. The molecule has 0 aliphatic carbocycles. The second-order valence-electron chi connectivity index (χ2n) is 3.72. The summed E-state index contributed by atoms with van der Waals surface area (Å²) in [6, 6.07) is 8.01. The predicted molar refractivity (Wildman–Crippen MR) is 59.5 cm³/mol. The Bertz CT molecular complexity index is 513. The Morgan fingerprint density at radius 3 is 3.07 bits per heavy atom. The van der Waals surface area contributed by atoms with Crippen LogP contribution in [0.5, 0.6) is 0 Å². The SMILES string of the molecule is C1=C(c2onc3ccccc23)CNCC1. The summed E-state index contributed by atoms with van der Waals surface area (Å²) >= 11 is 0. The first-order chi connectivity index (χ1) is 7.45. The van der Waals surface area contributed by atoms with E-state index in [-0.39, 0.29) is 0 Å². The quantitative estimate of drug-likeness (QED) is 0.767. The van der Waals surface area contributed by atoms with Crippen LogP contribution in [0.1, 0.15) is 12.2 Å². The van der Waals surface area contributed by atoms with Crippen molar-refractivity contribution in [2.24, 2.45) is 0 Å². The maximum Gasteiger partial charge on any atom is 0.171 e. The molecular weight excluding hydrogens is 188 g/mol. The Hall–Kier alpha value is -1.61. The van der Waals surface area contributed by atoms with E-state index >= 15 is 0 Å². The van der Waals surface area contributed by atoms with Crippen LogP contribution in [0, 0.1) is 0 Å². The molecule has 1 aromatic carbocycles. The lowest BCUT2D eigenvalue weighted by Gasteiger charge is -2.11. The third-order valence-electron chi connectivity index (χ3n) is 2.70. The van der Waals surface area contributed by atoms with Gasteiger partial charge in [0, 0.05) is 17.5 Å². The van der Waals surface area contributed by atoms with Crippen LogP contribution in [0.2, 0.25) is 0 Å². The van der Waals surface area contributed by atoms with Gasteiger partial charge in [-0.05, 0) is 25.1 Å².